The molecular weight excluding hydrogens is 252 g/mol. The minimum atomic E-state index is 0.0781. The third-order valence-corrected chi connectivity index (χ3v) is 5.53. The van der Waals surface area contributed by atoms with Crippen LogP contribution in [-0.4, -0.2) is 16.5 Å². The lowest BCUT2D eigenvalue weighted by Gasteiger charge is -2.33. The molecule has 1 spiro atoms. The number of hydrogen-bond acceptors (Lipinski definition) is 1. The van der Waals surface area contributed by atoms with Gasteiger partial charge in [-0.3, -0.25) is 0 Å². The second-order valence-electron chi connectivity index (χ2n) is 6.70. The Morgan fingerprint density at radius 1 is 1.27 bits per heavy atom. The SMILES string of the molecule is CC1CC(C)(C)CC12CCC(C)(CBr)O2. The van der Waals surface area contributed by atoms with Gasteiger partial charge in [-0.05, 0) is 43.9 Å². The van der Waals surface area contributed by atoms with Crippen molar-refractivity contribution in [2.45, 2.75) is 64.6 Å². The van der Waals surface area contributed by atoms with Gasteiger partial charge >= 0.3 is 0 Å². The van der Waals surface area contributed by atoms with E-state index in [2.05, 4.69) is 43.6 Å². The minimum absolute atomic E-state index is 0.0781. The van der Waals surface area contributed by atoms with Gasteiger partial charge in [0.05, 0.1) is 11.2 Å². The summed E-state index contributed by atoms with van der Waals surface area (Å²) in [6.45, 7) is 9.38. The van der Waals surface area contributed by atoms with Crippen LogP contribution in [0.1, 0.15) is 53.4 Å². The van der Waals surface area contributed by atoms with Crippen molar-refractivity contribution in [2.24, 2.45) is 11.3 Å². The molecule has 1 heterocycles. The summed E-state index contributed by atoms with van der Waals surface area (Å²) in [5, 5.41) is 0.967. The van der Waals surface area contributed by atoms with Crippen molar-refractivity contribution in [3.63, 3.8) is 0 Å². The van der Waals surface area contributed by atoms with Crippen LogP contribution in [0.5, 0.6) is 0 Å². The number of alkyl halides is 1. The summed E-state index contributed by atoms with van der Waals surface area (Å²) in [5.74, 6) is 0.716. The van der Waals surface area contributed by atoms with Crippen molar-refractivity contribution in [1.29, 1.82) is 0 Å². The zero-order chi connectivity index (χ0) is 11.3. The van der Waals surface area contributed by atoms with Crippen LogP contribution >= 0.6 is 15.9 Å². The summed E-state index contributed by atoms with van der Waals surface area (Å²) in [4.78, 5) is 0. The number of ether oxygens (including phenoxy) is 1. The minimum Gasteiger partial charge on any atom is -0.368 e. The maximum atomic E-state index is 6.45. The van der Waals surface area contributed by atoms with Gasteiger partial charge in [0.1, 0.15) is 0 Å². The van der Waals surface area contributed by atoms with E-state index in [0.29, 0.717) is 11.3 Å². The van der Waals surface area contributed by atoms with E-state index in [0.717, 1.165) is 5.33 Å². The molecule has 2 rings (SSSR count). The first kappa shape index (κ1) is 11.9. The Bertz CT molecular complexity index is 263. The van der Waals surface area contributed by atoms with Gasteiger partial charge in [0.25, 0.3) is 0 Å². The van der Waals surface area contributed by atoms with Crippen LogP contribution in [-0.2, 0) is 4.74 Å². The molecule has 0 amide bonds. The maximum absolute atomic E-state index is 6.45. The quantitative estimate of drug-likeness (QED) is 0.653. The van der Waals surface area contributed by atoms with Crippen LogP contribution in [0.25, 0.3) is 0 Å². The first-order valence-corrected chi connectivity index (χ1v) is 7.19. The predicted molar refractivity (Wildman–Crippen MR) is 67.4 cm³/mol. The molecule has 0 N–H and O–H groups in total. The molecule has 0 aromatic heterocycles. The van der Waals surface area contributed by atoms with Crippen molar-refractivity contribution in [3.8, 4) is 0 Å². The van der Waals surface area contributed by atoms with Crippen LogP contribution in [0, 0.1) is 11.3 Å². The van der Waals surface area contributed by atoms with Gasteiger partial charge in [-0.2, -0.15) is 0 Å². The normalized spacial score (nSPS) is 49.0. The van der Waals surface area contributed by atoms with Crippen molar-refractivity contribution in [3.05, 3.63) is 0 Å². The summed E-state index contributed by atoms with van der Waals surface area (Å²) in [5.41, 5.74) is 0.734. The average Bonchev–Trinajstić information content (AvgIpc) is 2.54. The zero-order valence-corrected chi connectivity index (χ0v) is 12.0. The van der Waals surface area contributed by atoms with Gasteiger partial charge in [0.15, 0.2) is 0 Å². The lowest BCUT2D eigenvalue weighted by molar-refractivity contribution is -0.102. The first-order valence-electron chi connectivity index (χ1n) is 6.07. The molecule has 1 nitrogen and oxygen atoms in total. The third-order valence-electron chi connectivity index (χ3n) is 4.34. The molecule has 0 bridgehead atoms. The standard InChI is InChI=1S/C13H23BrO/c1-10-7-11(2,3)8-13(10)6-5-12(4,9-14)15-13/h10H,5-9H2,1-4H3. The molecule has 1 saturated heterocycles. The molecule has 2 fully saturated rings. The Morgan fingerprint density at radius 3 is 2.33 bits per heavy atom. The molecule has 15 heavy (non-hydrogen) atoms. The highest BCUT2D eigenvalue weighted by Gasteiger charge is 2.55. The Kier molecular flexibility index (Phi) is 2.75. The number of halogens is 1. The zero-order valence-electron chi connectivity index (χ0n) is 10.4. The van der Waals surface area contributed by atoms with Crippen molar-refractivity contribution < 1.29 is 4.74 Å². The van der Waals surface area contributed by atoms with Gasteiger partial charge in [-0.1, -0.05) is 36.7 Å². The molecule has 3 unspecified atom stereocenters. The van der Waals surface area contributed by atoms with Gasteiger partial charge in [-0.25, -0.2) is 0 Å². The number of rotatable bonds is 1. The Morgan fingerprint density at radius 2 is 1.93 bits per heavy atom. The van der Waals surface area contributed by atoms with Gasteiger partial charge in [0.2, 0.25) is 0 Å². The second kappa shape index (κ2) is 3.46. The lowest BCUT2D eigenvalue weighted by Crippen LogP contribution is -2.37. The van der Waals surface area contributed by atoms with Gasteiger partial charge in [0, 0.05) is 5.33 Å². The Balaban J connectivity index is 2.17. The molecule has 2 aliphatic rings. The molecule has 1 aliphatic carbocycles. The molecular formula is C13H23BrO. The van der Waals surface area contributed by atoms with E-state index in [9.17, 15) is 0 Å². The summed E-state index contributed by atoms with van der Waals surface area (Å²) in [7, 11) is 0. The van der Waals surface area contributed by atoms with E-state index in [1.165, 1.54) is 25.7 Å². The fraction of sp³-hybridized carbons (Fsp3) is 1.00. The summed E-state index contributed by atoms with van der Waals surface area (Å²) < 4.78 is 6.45. The maximum Gasteiger partial charge on any atom is 0.0759 e. The van der Waals surface area contributed by atoms with Crippen LogP contribution in [0.2, 0.25) is 0 Å². The van der Waals surface area contributed by atoms with E-state index >= 15 is 0 Å². The van der Waals surface area contributed by atoms with Crippen LogP contribution in [0.3, 0.4) is 0 Å². The van der Waals surface area contributed by atoms with Gasteiger partial charge in [-0.15, -0.1) is 0 Å². The highest BCUT2D eigenvalue weighted by Crippen LogP contribution is 2.56. The third kappa shape index (κ3) is 2.00. The molecule has 3 atom stereocenters. The monoisotopic (exact) mass is 274 g/mol. The topological polar surface area (TPSA) is 9.23 Å². The smallest absolute Gasteiger partial charge is 0.0759 e. The van der Waals surface area contributed by atoms with E-state index < -0.39 is 0 Å². The molecule has 2 heteroatoms. The summed E-state index contributed by atoms with van der Waals surface area (Å²) in [6.07, 6.45) is 5.01. The molecule has 0 aromatic carbocycles. The van der Waals surface area contributed by atoms with E-state index in [1.54, 1.807) is 0 Å². The van der Waals surface area contributed by atoms with Crippen LogP contribution in [0.15, 0.2) is 0 Å². The largest absolute Gasteiger partial charge is 0.368 e. The Hall–Kier alpha value is 0.440. The van der Waals surface area contributed by atoms with E-state index in [-0.39, 0.29) is 11.2 Å². The summed E-state index contributed by atoms with van der Waals surface area (Å²) in [6, 6.07) is 0. The molecule has 1 saturated carbocycles. The Labute approximate surface area is 102 Å². The van der Waals surface area contributed by atoms with E-state index in [1.807, 2.05) is 0 Å². The van der Waals surface area contributed by atoms with Crippen LogP contribution in [0.4, 0.5) is 0 Å². The number of hydrogen-bond donors (Lipinski definition) is 0. The highest BCUT2D eigenvalue weighted by atomic mass is 79.9. The van der Waals surface area contributed by atoms with Crippen molar-refractivity contribution in [1.82, 2.24) is 0 Å². The molecule has 0 radical (unpaired) electrons. The fourth-order valence-electron chi connectivity index (χ4n) is 3.71. The lowest BCUT2D eigenvalue weighted by atomic mass is 9.87. The van der Waals surface area contributed by atoms with Crippen LogP contribution < -0.4 is 0 Å². The molecule has 0 aromatic rings. The average molecular weight is 275 g/mol. The first-order chi connectivity index (χ1) is 6.81. The molecule has 88 valence electrons. The van der Waals surface area contributed by atoms with Crippen molar-refractivity contribution >= 4 is 15.9 Å². The predicted octanol–water partition coefficient (Wildman–Crippen LogP) is 4.15. The van der Waals surface area contributed by atoms with Gasteiger partial charge < -0.3 is 4.74 Å². The fourth-order valence-corrected chi connectivity index (χ4v) is 4.10. The highest BCUT2D eigenvalue weighted by molar-refractivity contribution is 9.09. The summed E-state index contributed by atoms with van der Waals surface area (Å²) >= 11 is 3.59. The van der Waals surface area contributed by atoms with Crippen molar-refractivity contribution in [2.75, 3.05) is 5.33 Å². The second-order valence-corrected chi connectivity index (χ2v) is 7.26. The molecule has 1 aliphatic heterocycles. The van der Waals surface area contributed by atoms with E-state index in [4.69, 9.17) is 4.74 Å².